The highest BCUT2D eigenvalue weighted by molar-refractivity contribution is 5.79. The molecule has 4 unspecified atom stereocenters. The Bertz CT molecular complexity index is 1460. The molecule has 2 aromatic carbocycles. The molecule has 2 aromatic rings. The number of amides is 2. The number of methoxy groups -OCH3 is 1. The molecule has 0 radical (unpaired) electrons. The van der Waals surface area contributed by atoms with Gasteiger partial charge in [-0.15, -0.1) is 0 Å². The van der Waals surface area contributed by atoms with Crippen molar-refractivity contribution >= 4 is 23.8 Å². The maximum Gasteiger partial charge on any atom is 0.303 e. The van der Waals surface area contributed by atoms with Crippen molar-refractivity contribution in [2.24, 2.45) is 0 Å². The van der Waals surface area contributed by atoms with E-state index in [9.17, 15) is 29.4 Å². The lowest BCUT2D eigenvalue weighted by Crippen LogP contribution is -2.32. The van der Waals surface area contributed by atoms with Crippen LogP contribution in [0, 0.1) is 0 Å². The van der Waals surface area contributed by atoms with Crippen molar-refractivity contribution in [1.82, 2.24) is 9.80 Å². The van der Waals surface area contributed by atoms with Crippen LogP contribution in [0.5, 0.6) is 5.75 Å². The van der Waals surface area contributed by atoms with Gasteiger partial charge in [0.1, 0.15) is 5.75 Å². The Hall–Kier alpha value is -4.48. The number of aliphatic hydroxyl groups excluding tert-OH is 2. The first-order valence-electron chi connectivity index (χ1n) is 18.5. The summed E-state index contributed by atoms with van der Waals surface area (Å²) >= 11 is 0. The second-order valence-corrected chi connectivity index (χ2v) is 13.3. The van der Waals surface area contributed by atoms with Crippen molar-refractivity contribution in [1.29, 1.82) is 0 Å². The van der Waals surface area contributed by atoms with Gasteiger partial charge in [0.15, 0.2) is 0 Å². The molecular formula is C41H56N2O9. The van der Waals surface area contributed by atoms with Crippen molar-refractivity contribution < 1.29 is 44.3 Å². The summed E-state index contributed by atoms with van der Waals surface area (Å²) in [5, 5.41) is 37.8. The van der Waals surface area contributed by atoms with Crippen LogP contribution < -0.4 is 4.74 Å². The molecule has 2 fully saturated rings. The van der Waals surface area contributed by atoms with Crippen LogP contribution in [0.15, 0.2) is 78.9 Å². The van der Waals surface area contributed by atoms with E-state index >= 15 is 0 Å². The summed E-state index contributed by atoms with van der Waals surface area (Å²) in [6, 6.07) is 16.8. The topological polar surface area (TPSA) is 165 Å². The van der Waals surface area contributed by atoms with Gasteiger partial charge < -0.3 is 35.0 Å². The van der Waals surface area contributed by atoms with Crippen LogP contribution in [0.3, 0.4) is 0 Å². The fraction of sp³-hybridized carbons (Fsp3) is 0.512. The van der Waals surface area contributed by atoms with Crippen LogP contribution in [0.1, 0.15) is 113 Å². The van der Waals surface area contributed by atoms with E-state index in [2.05, 4.69) is 0 Å². The summed E-state index contributed by atoms with van der Waals surface area (Å²) in [5.41, 5.74) is 1.59. The van der Waals surface area contributed by atoms with E-state index in [1.165, 1.54) is 0 Å². The molecule has 4 atom stereocenters. The molecule has 0 aromatic heterocycles. The standard InChI is InChI=1S/C21H29NO5.C20H27NO4/c1-27-18-8-6-7-16(15-18)19(23)12-10-17-11-13-20(24)22(17)14-5-3-2-4-9-21(25)26;22-18(16-8-4-3-5-9-16)13-11-17-12-14-19(23)21(17)15-7-2-1-6-10-20(24)25/h6-8,10,12,15,17,19,23H,2-5,9,11,13-14H2,1H3,(H,25,26);3-5,8-9,11,13,17-18,22H,1-2,6-7,10,12,14-15H2,(H,24,25). The third kappa shape index (κ3) is 15.0. The number of aliphatic hydroxyl groups is 2. The van der Waals surface area contributed by atoms with Gasteiger partial charge in [0, 0.05) is 38.8 Å². The van der Waals surface area contributed by atoms with Crippen LogP contribution in [0.4, 0.5) is 0 Å². The summed E-state index contributed by atoms with van der Waals surface area (Å²) < 4.78 is 5.18. The predicted octanol–water partition coefficient (Wildman–Crippen LogP) is 6.61. The molecule has 2 heterocycles. The maximum absolute atomic E-state index is 12.1. The molecule has 0 bridgehead atoms. The minimum Gasteiger partial charge on any atom is -0.497 e. The zero-order chi connectivity index (χ0) is 37.7. The molecule has 4 N–H and O–H groups in total. The van der Waals surface area contributed by atoms with Crippen LogP contribution in [-0.4, -0.2) is 86.3 Å². The number of carboxylic acid groups (broad SMARTS) is 2. The minimum atomic E-state index is -0.760. The van der Waals surface area contributed by atoms with Gasteiger partial charge in [-0.1, -0.05) is 92.5 Å². The maximum atomic E-state index is 12.1. The second kappa shape index (κ2) is 23.2. The molecule has 284 valence electrons. The molecule has 2 saturated heterocycles. The highest BCUT2D eigenvalue weighted by Gasteiger charge is 2.29. The van der Waals surface area contributed by atoms with Crippen molar-refractivity contribution in [3.8, 4) is 5.75 Å². The molecule has 2 aliphatic heterocycles. The molecule has 2 aliphatic rings. The summed E-state index contributed by atoms with van der Waals surface area (Å²) in [4.78, 5) is 48.9. The highest BCUT2D eigenvalue weighted by atomic mass is 16.5. The third-order valence-electron chi connectivity index (χ3n) is 9.44. The average molecular weight is 721 g/mol. The van der Waals surface area contributed by atoms with E-state index in [1.807, 2.05) is 70.5 Å². The summed E-state index contributed by atoms with van der Waals surface area (Å²) in [7, 11) is 1.59. The van der Waals surface area contributed by atoms with Crippen molar-refractivity contribution in [2.75, 3.05) is 20.2 Å². The first kappa shape index (κ1) is 41.9. The van der Waals surface area contributed by atoms with Gasteiger partial charge in [-0.3, -0.25) is 19.2 Å². The molecule has 0 spiro atoms. The lowest BCUT2D eigenvalue weighted by atomic mass is 10.1. The fourth-order valence-corrected chi connectivity index (χ4v) is 6.48. The Morgan fingerprint density at radius 3 is 1.63 bits per heavy atom. The zero-order valence-corrected chi connectivity index (χ0v) is 30.4. The van der Waals surface area contributed by atoms with Crippen molar-refractivity contribution in [3.05, 3.63) is 90.0 Å². The van der Waals surface area contributed by atoms with Crippen LogP contribution in [0.25, 0.3) is 0 Å². The first-order valence-corrected chi connectivity index (χ1v) is 18.5. The molecule has 52 heavy (non-hydrogen) atoms. The minimum absolute atomic E-state index is 0.0109. The quantitative estimate of drug-likeness (QED) is 0.0820. The Balaban J connectivity index is 0.000000281. The molecule has 2 amide bonds. The number of carbonyl (C=O) groups excluding carboxylic acids is 2. The molecule has 11 nitrogen and oxygen atoms in total. The molecule has 4 rings (SSSR count). The Labute approximate surface area is 307 Å². The van der Waals surface area contributed by atoms with E-state index in [0.29, 0.717) is 44.5 Å². The van der Waals surface area contributed by atoms with Crippen LogP contribution in [0.2, 0.25) is 0 Å². The Morgan fingerprint density at radius 1 is 0.692 bits per heavy atom. The smallest absolute Gasteiger partial charge is 0.303 e. The number of hydrogen-bond acceptors (Lipinski definition) is 7. The number of rotatable bonds is 21. The number of carbonyl (C=O) groups is 4. The number of likely N-dealkylation sites (tertiary alicyclic amines) is 2. The number of aliphatic carboxylic acids is 2. The summed E-state index contributed by atoms with van der Waals surface area (Å²) in [6.45, 7) is 1.37. The van der Waals surface area contributed by atoms with E-state index in [-0.39, 0.29) is 36.7 Å². The van der Waals surface area contributed by atoms with Crippen LogP contribution >= 0.6 is 0 Å². The highest BCUT2D eigenvalue weighted by Crippen LogP contribution is 2.25. The van der Waals surface area contributed by atoms with E-state index in [0.717, 1.165) is 62.5 Å². The van der Waals surface area contributed by atoms with Crippen molar-refractivity contribution in [2.45, 2.75) is 114 Å². The summed E-state index contributed by atoms with van der Waals surface area (Å²) in [6.07, 6.45) is 15.7. The Morgan fingerprint density at radius 2 is 1.15 bits per heavy atom. The van der Waals surface area contributed by atoms with Gasteiger partial charge in [-0.05, 0) is 61.8 Å². The number of benzene rings is 2. The fourth-order valence-electron chi connectivity index (χ4n) is 6.48. The first-order chi connectivity index (χ1) is 25.1. The molecule has 0 saturated carbocycles. The molecule has 11 heteroatoms. The third-order valence-corrected chi connectivity index (χ3v) is 9.44. The molecular weight excluding hydrogens is 664 g/mol. The van der Waals surface area contributed by atoms with Gasteiger partial charge in [0.25, 0.3) is 0 Å². The van der Waals surface area contributed by atoms with Gasteiger partial charge >= 0.3 is 11.9 Å². The normalized spacial score (nSPS) is 18.5. The lowest BCUT2D eigenvalue weighted by molar-refractivity contribution is -0.138. The Kier molecular flexibility index (Phi) is 18.7. The predicted molar refractivity (Wildman–Crippen MR) is 199 cm³/mol. The average Bonchev–Trinajstić information content (AvgIpc) is 3.69. The van der Waals surface area contributed by atoms with Gasteiger partial charge in [-0.25, -0.2) is 0 Å². The van der Waals surface area contributed by atoms with Gasteiger partial charge in [0.05, 0.1) is 31.4 Å². The van der Waals surface area contributed by atoms with E-state index in [1.54, 1.807) is 25.3 Å². The van der Waals surface area contributed by atoms with Crippen LogP contribution in [-0.2, 0) is 19.2 Å². The number of unbranched alkanes of at least 4 members (excludes halogenated alkanes) is 6. The zero-order valence-electron chi connectivity index (χ0n) is 30.4. The monoisotopic (exact) mass is 720 g/mol. The number of nitrogens with zero attached hydrogens (tertiary/aromatic N) is 2. The van der Waals surface area contributed by atoms with Gasteiger partial charge in [0.2, 0.25) is 11.8 Å². The van der Waals surface area contributed by atoms with E-state index in [4.69, 9.17) is 14.9 Å². The van der Waals surface area contributed by atoms with Gasteiger partial charge in [-0.2, -0.15) is 0 Å². The SMILES string of the molecule is COc1cccc(C(O)C=CC2CCC(=O)N2CCCCCCC(=O)O)c1.O=C(O)CCCCCCN1C(=O)CCC1C=CC(O)c1ccccc1. The van der Waals surface area contributed by atoms with Crippen molar-refractivity contribution in [3.63, 3.8) is 0 Å². The largest absolute Gasteiger partial charge is 0.497 e. The second-order valence-electron chi connectivity index (χ2n) is 13.3. The number of carboxylic acids is 2. The summed E-state index contributed by atoms with van der Waals surface area (Å²) in [5.74, 6) is -0.512. The van der Waals surface area contributed by atoms with E-state index < -0.39 is 24.1 Å². The lowest BCUT2D eigenvalue weighted by Gasteiger charge is -2.22. The number of hydrogen-bond donors (Lipinski definition) is 4. The number of ether oxygens (including phenoxy) is 1. The molecule has 0 aliphatic carbocycles.